The first-order valence-corrected chi connectivity index (χ1v) is 10.7. The molecular weight excluding hydrogens is 411 g/mol. The molecule has 4 aromatic rings. The Morgan fingerprint density at radius 2 is 1.94 bits per heavy atom. The van der Waals surface area contributed by atoms with Crippen molar-refractivity contribution in [1.82, 2.24) is 29.5 Å². The minimum Gasteiger partial charge on any atom is -0.465 e. The lowest BCUT2D eigenvalue weighted by Gasteiger charge is -2.32. The molecule has 0 unspecified atom stereocenters. The molecule has 0 saturated carbocycles. The maximum Gasteiger partial charge on any atom is 0.337 e. The van der Waals surface area contributed by atoms with Gasteiger partial charge in [-0.3, -0.25) is 10.00 Å². The van der Waals surface area contributed by atoms with Crippen LogP contribution in [-0.4, -0.2) is 82.4 Å². The number of aromatic nitrogens is 4. The van der Waals surface area contributed by atoms with Gasteiger partial charge in [0, 0.05) is 44.7 Å². The van der Waals surface area contributed by atoms with Crippen LogP contribution in [0.3, 0.4) is 0 Å². The summed E-state index contributed by atoms with van der Waals surface area (Å²) in [4.78, 5) is 21.6. The summed E-state index contributed by atoms with van der Waals surface area (Å²) in [6.07, 6.45) is 0. The molecule has 1 N–H and O–H groups in total. The van der Waals surface area contributed by atoms with Crippen LogP contribution in [0.4, 0.5) is 4.39 Å². The number of nitrogens with zero attached hydrogens (tertiary/aromatic N) is 5. The third-order valence-electron chi connectivity index (χ3n) is 6.14. The minimum absolute atomic E-state index is 0.301. The summed E-state index contributed by atoms with van der Waals surface area (Å²) in [6, 6.07) is 9.88. The lowest BCUT2D eigenvalue weighted by Crippen LogP contribution is -2.45. The Labute approximate surface area is 184 Å². The normalized spacial score (nSPS) is 15.6. The number of H-pyrrole nitrogens is 1. The Morgan fingerprint density at radius 3 is 2.72 bits per heavy atom. The van der Waals surface area contributed by atoms with Gasteiger partial charge in [0.25, 0.3) is 0 Å². The second-order valence-corrected chi connectivity index (χ2v) is 8.19. The number of imidazole rings is 1. The Morgan fingerprint density at radius 1 is 1.12 bits per heavy atom. The quantitative estimate of drug-likeness (QED) is 0.485. The van der Waals surface area contributed by atoms with Crippen LogP contribution < -0.4 is 0 Å². The molecule has 0 atom stereocenters. The molecule has 1 aliphatic rings. The maximum absolute atomic E-state index is 14.1. The van der Waals surface area contributed by atoms with Gasteiger partial charge in [-0.15, -0.1) is 0 Å². The van der Waals surface area contributed by atoms with Gasteiger partial charge in [0.2, 0.25) is 0 Å². The molecule has 2 aromatic heterocycles. The number of esters is 1. The Hall–Kier alpha value is -3.30. The van der Waals surface area contributed by atoms with Crippen LogP contribution in [0.2, 0.25) is 0 Å². The summed E-state index contributed by atoms with van der Waals surface area (Å²) in [5.74, 6) is -0.0673. The first-order chi connectivity index (χ1) is 15.5. The summed E-state index contributed by atoms with van der Waals surface area (Å²) in [7, 11) is 3.49. The van der Waals surface area contributed by atoms with E-state index in [1.165, 1.54) is 19.2 Å². The van der Waals surface area contributed by atoms with Crippen molar-refractivity contribution in [2.45, 2.75) is 6.54 Å². The maximum atomic E-state index is 14.1. The highest BCUT2D eigenvalue weighted by Crippen LogP contribution is 2.30. The van der Waals surface area contributed by atoms with Crippen LogP contribution in [0, 0.1) is 5.82 Å². The van der Waals surface area contributed by atoms with E-state index in [1.807, 2.05) is 4.57 Å². The number of hydrogen-bond acceptors (Lipinski definition) is 6. The fourth-order valence-corrected chi connectivity index (χ4v) is 4.25. The Balaban J connectivity index is 1.57. The molecule has 166 valence electrons. The molecule has 1 saturated heterocycles. The number of hydrogen-bond donors (Lipinski definition) is 1. The van der Waals surface area contributed by atoms with Crippen molar-refractivity contribution in [2.75, 3.05) is 46.9 Å². The third kappa shape index (κ3) is 3.74. The number of piperazine rings is 1. The van der Waals surface area contributed by atoms with Gasteiger partial charge >= 0.3 is 5.97 Å². The van der Waals surface area contributed by atoms with Crippen molar-refractivity contribution < 1.29 is 13.9 Å². The van der Waals surface area contributed by atoms with Crippen LogP contribution in [0.5, 0.6) is 0 Å². The van der Waals surface area contributed by atoms with Crippen molar-refractivity contribution in [3.8, 4) is 11.5 Å². The lowest BCUT2D eigenvalue weighted by atomic mass is 10.1. The Bertz CT molecular complexity index is 1290. The van der Waals surface area contributed by atoms with Crippen LogP contribution in [0.1, 0.15) is 10.4 Å². The second kappa shape index (κ2) is 8.33. The van der Waals surface area contributed by atoms with E-state index in [1.54, 1.807) is 24.3 Å². The SMILES string of the molecule is COC(=O)c1ccc2[nH]nc(-c3nc4ccc(F)cc4n3CCN3CCN(C)CC3)c2c1. The van der Waals surface area contributed by atoms with E-state index in [2.05, 4.69) is 27.0 Å². The zero-order valence-corrected chi connectivity index (χ0v) is 18.1. The topological polar surface area (TPSA) is 79.3 Å². The number of nitrogens with one attached hydrogen (secondary N) is 1. The predicted molar refractivity (Wildman–Crippen MR) is 120 cm³/mol. The van der Waals surface area contributed by atoms with E-state index in [0.717, 1.165) is 49.1 Å². The van der Waals surface area contributed by atoms with E-state index in [0.29, 0.717) is 29.1 Å². The molecule has 32 heavy (non-hydrogen) atoms. The number of carbonyl (C=O) groups is 1. The number of benzene rings is 2. The average Bonchev–Trinajstić information content (AvgIpc) is 3.38. The summed E-state index contributed by atoms with van der Waals surface area (Å²) in [6.45, 7) is 5.56. The van der Waals surface area contributed by atoms with Crippen LogP contribution in [-0.2, 0) is 11.3 Å². The van der Waals surface area contributed by atoms with Crippen molar-refractivity contribution in [1.29, 1.82) is 0 Å². The van der Waals surface area contributed by atoms with Gasteiger partial charge in [0.1, 0.15) is 11.5 Å². The molecule has 3 heterocycles. The molecule has 0 amide bonds. The van der Waals surface area contributed by atoms with Gasteiger partial charge in [0.05, 0.1) is 29.2 Å². The van der Waals surface area contributed by atoms with Gasteiger partial charge < -0.3 is 14.2 Å². The standard InChI is InChI=1S/C23H25FN6O2/c1-28-7-9-29(10-8-28)11-12-30-20-14-16(24)4-6-19(20)25-22(30)21-17-13-15(23(31)32-2)3-5-18(17)26-27-21/h3-6,13-14H,7-12H2,1-2H3,(H,26,27). The molecule has 1 fully saturated rings. The number of carbonyl (C=O) groups excluding carboxylic acids is 1. The molecule has 9 heteroatoms. The number of methoxy groups -OCH3 is 1. The third-order valence-corrected chi connectivity index (χ3v) is 6.14. The lowest BCUT2D eigenvalue weighted by molar-refractivity contribution is 0.0601. The number of ether oxygens (including phenoxy) is 1. The molecule has 1 aliphatic heterocycles. The summed E-state index contributed by atoms with van der Waals surface area (Å²) in [5.41, 5.74) is 3.29. The van der Waals surface area contributed by atoms with Crippen molar-refractivity contribution in [2.24, 2.45) is 0 Å². The highest BCUT2D eigenvalue weighted by Gasteiger charge is 2.21. The van der Waals surface area contributed by atoms with Crippen LogP contribution >= 0.6 is 0 Å². The van der Waals surface area contributed by atoms with E-state index in [4.69, 9.17) is 9.72 Å². The molecule has 8 nitrogen and oxygen atoms in total. The second-order valence-electron chi connectivity index (χ2n) is 8.19. The smallest absolute Gasteiger partial charge is 0.337 e. The van der Waals surface area contributed by atoms with Gasteiger partial charge in [-0.25, -0.2) is 14.2 Å². The van der Waals surface area contributed by atoms with Crippen LogP contribution in [0.25, 0.3) is 33.5 Å². The number of aromatic amines is 1. The molecule has 2 aromatic carbocycles. The monoisotopic (exact) mass is 436 g/mol. The zero-order chi connectivity index (χ0) is 22.2. The molecule has 0 bridgehead atoms. The molecular formula is C23H25FN6O2. The van der Waals surface area contributed by atoms with Crippen molar-refractivity contribution >= 4 is 27.9 Å². The molecule has 0 radical (unpaired) electrons. The van der Waals surface area contributed by atoms with Crippen molar-refractivity contribution in [3.05, 3.63) is 47.8 Å². The van der Waals surface area contributed by atoms with Crippen LogP contribution in [0.15, 0.2) is 36.4 Å². The highest BCUT2D eigenvalue weighted by atomic mass is 19.1. The predicted octanol–water partition coefficient (Wildman–Crippen LogP) is 2.75. The number of fused-ring (bicyclic) bond motifs is 2. The van der Waals surface area contributed by atoms with E-state index >= 15 is 0 Å². The first kappa shape index (κ1) is 20.6. The number of halogens is 1. The highest BCUT2D eigenvalue weighted by molar-refractivity contribution is 5.99. The van der Waals surface area contributed by atoms with Crippen molar-refractivity contribution in [3.63, 3.8) is 0 Å². The summed E-state index contributed by atoms with van der Waals surface area (Å²) in [5, 5.41) is 8.29. The minimum atomic E-state index is -0.412. The largest absolute Gasteiger partial charge is 0.465 e. The molecule has 0 spiro atoms. The number of rotatable bonds is 5. The van der Waals surface area contributed by atoms with E-state index < -0.39 is 5.97 Å². The van der Waals surface area contributed by atoms with E-state index in [-0.39, 0.29) is 5.82 Å². The average molecular weight is 436 g/mol. The number of likely N-dealkylation sites (N-methyl/N-ethyl adjacent to an activating group) is 1. The molecule has 5 rings (SSSR count). The summed E-state index contributed by atoms with van der Waals surface area (Å²) < 4.78 is 21.0. The van der Waals surface area contributed by atoms with Gasteiger partial charge in [-0.1, -0.05) is 0 Å². The van der Waals surface area contributed by atoms with Gasteiger partial charge in [-0.2, -0.15) is 5.10 Å². The fraction of sp³-hybridized carbons (Fsp3) is 0.348. The van der Waals surface area contributed by atoms with E-state index in [9.17, 15) is 9.18 Å². The van der Waals surface area contributed by atoms with Gasteiger partial charge in [0.15, 0.2) is 5.82 Å². The first-order valence-electron chi connectivity index (χ1n) is 10.7. The Kier molecular flexibility index (Phi) is 5.36. The summed E-state index contributed by atoms with van der Waals surface area (Å²) >= 11 is 0. The van der Waals surface area contributed by atoms with Gasteiger partial charge in [-0.05, 0) is 43.4 Å². The zero-order valence-electron chi connectivity index (χ0n) is 18.1. The molecule has 0 aliphatic carbocycles. The fourth-order valence-electron chi connectivity index (χ4n) is 4.25.